The van der Waals surface area contributed by atoms with E-state index in [1.165, 1.54) is 0 Å². The number of carbonyl (C=O) groups is 1. The molecule has 4 rings (SSSR count). The molecule has 0 saturated heterocycles. The molecule has 8 nitrogen and oxygen atoms in total. The predicted octanol–water partition coefficient (Wildman–Crippen LogP) is 4.29. The first-order valence-corrected chi connectivity index (χ1v) is 12.8. The van der Waals surface area contributed by atoms with Gasteiger partial charge in [0, 0.05) is 23.7 Å². The number of ether oxygens (including phenoxy) is 1. The Hall–Kier alpha value is -3.22. The number of dihydropyridines is 1. The molecule has 37 heavy (non-hydrogen) atoms. The number of aliphatic hydroxyl groups excluding tert-OH is 1. The minimum absolute atomic E-state index is 0.121. The van der Waals surface area contributed by atoms with Crippen molar-refractivity contribution < 1.29 is 14.6 Å². The molecule has 0 bridgehead atoms. The van der Waals surface area contributed by atoms with Crippen molar-refractivity contribution in [2.75, 3.05) is 5.32 Å². The molecule has 1 aliphatic heterocycles. The lowest BCUT2D eigenvalue weighted by Crippen LogP contribution is -2.38. The van der Waals surface area contributed by atoms with Gasteiger partial charge in [-0.05, 0) is 75.4 Å². The number of hydrogen-bond acceptors (Lipinski definition) is 7. The predicted molar refractivity (Wildman–Crippen MR) is 145 cm³/mol. The van der Waals surface area contributed by atoms with Gasteiger partial charge in [0.2, 0.25) is 5.90 Å². The van der Waals surface area contributed by atoms with Crippen LogP contribution < -0.4 is 21.1 Å². The number of carbonyl (C=O) groups excluding carboxylic acids is 1. The number of amides is 1. The summed E-state index contributed by atoms with van der Waals surface area (Å²) >= 11 is 6.36. The molecule has 0 radical (unpaired) electrons. The average Bonchev–Trinajstić information content (AvgIpc) is 3.67. The molecule has 2 aromatic rings. The molecule has 1 heterocycles. The van der Waals surface area contributed by atoms with Gasteiger partial charge in [0.15, 0.2) is 0 Å². The highest BCUT2D eigenvalue weighted by Gasteiger charge is 2.45. The molecule has 2 aromatic carbocycles. The smallest absolute Gasteiger partial charge is 0.255 e. The third kappa shape index (κ3) is 6.76. The van der Waals surface area contributed by atoms with Crippen molar-refractivity contribution in [2.45, 2.75) is 69.3 Å². The van der Waals surface area contributed by atoms with E-state index in [0.29, 0.717) is 27.9 Å². The maximum absolute atomic E-state index is 13.0. The first-order valence-electron chi connectivity index (χ1n) is 12.5. The minimum Gasteiger partial charge on any atom is -0.439 e. The Morgan fingerprint density at radius 2 is 2.11 bits per heavy atom. The molecular formula is C28H32ClN5O3. The van der Waals surface area contributed by atoms with Crippen LogP contribution in [0.2, 0.25) is 5.02 Å². The monoisotopic (exact) mass is 521 g/mol. The quantitative estimate of drug-likeness (QED) is 0.364. The van der Waals surface area contributed by atoms with Gasteiger partial charge in [-0.2, -0.15) is 5.26 Å². The summed E-state index contributed by atoms with van der Waals surface area (Å²) < 4.78 is 5.98. The summed E-state index contributed by atoms with van der Waals surface area (Å²) in [6, 6.07) is 14.3. The Balaban J connectivity index is 1.43. The molecule has 1 fully saturated rings. The fraction of sp³-hybridized carbons (Fsp3) is 0.393. The van der Waals surface area contributed by atoms with Crippen molar-refractivity contribution in [1.29, 1.82) is 5.26 Å². The number of benzene rings is 2. The van der Waals surface area contributed by atoms with Gasteiger partial charge in [-0.15, -0.1) is 0 Å². The fourth-order valence-electron chi connectivity index (χ4n) is 4.37. The number of aliphatic imine (C=N–C) groups is 1. The molecule has 0 aromatic heterocycles. The van der Waals surface area contributed by atoms with Crippen LogP contribution in [-0.2, 0) is 5.41 Å². The molecule has 2 aliphatic rings. The lowest BCUT2D eigenvalue weighted by molar-refractivity contribution is 0.102. The number of nitrogens with zero attached hydrogens (tertiary/aromatic N) is 2. The number of anilines is 1. The Kier molecular flexibility index (Phi) is 8.30. The summed E-state index contributed by atoms with van der Waals surface area (Å²) in [7, 11) is 0. The zero-order valence-corrected chi connectivity index (χ0v) is 21.7. The maximum atomic E-state index is 13.0. The van der Waals surface area contributed by atoms with Gasteiger partial charge in [0.05, 0.1) is 28.2 Å². The summed E-state index contributed by atoms with van der Waals surface area (Å²) in [6.45, 7) is 3.69. The molecule has 1 aliphatic carbocycles. The van der Waals surface area contributed by atoms with Crippen LogP contribution in [0, 0.1) is 11.3 Å². The number of halogens is 1. The molecule has 194 valence electrons. The zero-order valence-electron chi connectivity index (χ0n) is 20.9. The molecule has 1 amide bonds. The second-order valence-corrected chi connectivity index (χ2v) is 10.2. The third-order valence-electron chi connectivity index (χ3n) is 6.67. The maximum Gasteiger partial charge on any atom is 0.255 e. The van der Waals surface area contributed by atoms with E-state index in [0.717, 1.165) is 31.2 Å². The van der Waals surface area contributed by atoms with Crippen molar-refractivity contribution in [2.24, 2.45) is 10.7 Å². The van der Waals surface area contributed by atoms with E-state index in [-0.39, 0.29) is 24.0 Å². The van der Waals surface area contributed by atoms with E-state index in [1.807, 2.05) is 19.1 Å². The number of aliphatic hydroxyl groups is 1. The van der Waals surface area contributed by atoms with Crippen LogP contribution in [0.3, 0.4) is 0 Å². The highest BCUT2D eigenvalue weighted by atomic mass is 35.5. The first kappa shape index (κ1) is 26.8. The molecule has 5 N–H and O–H groups in total. The van der Waals surface area contributed by atoms with Crippen LogP contribution >= 0.6 is 11.6 Å². The first-order chi connectivity index (χ1) is 17.7. The van der Waals surface area contributed by atoms with Gasteiger partial charge in [-0.25, -0.2) is 4.99 Å². The topological polar surface area (TPSA) is 133 Å². The summed E-state index contributed by atoms with van der Waals surface area (Å²) in [5.74, 6) is 0.563. The number of rotatable bonds is 9. The Morgan fingerprint density at radius 1 is 1.32 bits per heavy atom. The van der Waals surface area contributed by atoms with Crippen molar-refractivity contribution >= 4 is 29.1 Å². The van der Waals surface area contributed by atoms with Crippen LogP contribution in [0.15, 0.2) is 59.6 Å². The third-order valence-corrected chi connectivity index (χ3v) is 7.00. The lowest BCUT2D eigenvalue weighted by atomic mass is 9.96. The molecule has 1 saturated carbocycles. The Bertz CT molecular complexity index is 1250. The van der Waals surface area contributed by atoms with E-state index < -0.39 is 11.6 Å². The van der Waals surface area contributed by atoms with Gasteiger partial charge in [-0.3, -0.25) is 10.1 Å². The second kappa shape index (κ2) is 11.4. The largest absolute Gasteiger partial charge is 0.439 e. The standard InChI is InChI=1S/C28H32ClN5O3/c1-17(32-18(2)35)6-10-24-23(31)9-11-26(33-24)37-21-7-8-22(29)25(15-21)34-27(36)19-4-3-5-20(14-19)28(16-30)12-13-28/h3-5,7-9,11,14-15,17-18,23-24,32,35H,6,10,12-13,31H2,1-2H3,(H,34,36)/t17-,18?,23?,24?/m1/s1. The highest BCUT2D eigenvalue weighted by Crippen LogP contribution is 2.47. The normalized spacial score (nSPS) is 21.4. The number of nitriles is 1. The SMILES string of the molecule is CC(O)N[C@H](C)CCC1N=C(Oc2ccc(Cl)c(NC(=O)c3cccc(C4(C#N)CC4)c3)c2)C=CC1N. The van der Waals surface area contributed by atoms with Crippen LogP contribution in [0.1, 0.15) is 55.5 Å². The Labute approximate surface area is 222 Å². The lowest BCUT2D eigenvalue weighted by Gasteiger charge is -2.24. The number of hydrogen-bond donors (Lipinski definition) is 4. The van der Waals surface area contributed by atoms with E-state index in [9.17, 15) is 15.2 Å². The second-order valence-electron chi connectivity index (χ2n) is 9.76. The van der Waals surface area contributed by atoms with Crippen LogP contribution in [0.4, 0.5) is 5.69 Å². The summed E-state index contributed by atoms with van der Waals surface area (Å²) in [6.07, 6.45) is 6.16. The van der Waals surface area contributed by atoms with Crippen molar-refractivity contribution in [1.82, 2.24) is 5.32 Å². The molecule has 0 spiro atoms. The van der Waals surface area contributed by atoms with Gasteiger partial charge in [0.25, 0.3) is 5.91 Å². The zero-order chi connectivity index (χ0) is 26.6. The Morgan fingerprint density at radius 3 is 2.81 bits per heavy atom. The van der Waals surface area contributed by atoms with Crippen LogP contribution in [0.25, 0.3) is 0 Å². The minimum atomic E-state index is -0.576. The molecule has 9 heteroatoms. The number of nitrogens with two attached hydrogens (primary N) is 1. The molecule has 3 unspecified atom stereocenters. The number of nitrogens with one attached hydrogen (secondary N) is 2. The van der Waals surface area contributed by atoms with Gasteiger partial charge >= 0.3 is 0 Å². The average molecular weight is 522 g/mol. The summed E-state index contributed by atoms with van der Waals surface area (Å²) in [4.78, 5) is 17.6. The van der Waals surface area contributed by atoms with Crippen molar-refractivity contribution in [3.63, 3.8) is 0 Å². The fourth-order valence-corrected chi connectivity index (χ4v) is 4.54. The van der Waals surface area contributed by atoms with E-state index in [4.69, 9.17) is 22.1 Å². The van der Waals surface area contributed by atoms with Crippen molar-refractivity contribution in [3.05, 3.63) is 70.8 Å². The van der Waals surface area contributed by atoms with Crippen LogP contribution in [-0.4, -0.2) is 41.3 Å². The van der Waals surface area contributed by atoms with Gasteiger partial charge in [0.1, 0.15) is 12.0 Å². The van der Waals surface area contributed by atoms with Gasteiger partial charge in [-0.1, -0.05) is 29.8 Å². The van der Waals surface area contributed by atoms with E-state index in [2.05, 4.69) is 21.7 Å². The molecule has 4 atom stereocenters. The van der Waals surface area contributed by atoms with Crippen LogP contribution in [0.5, 0.6) is 5.75 Å². The van der Waals surface area contributed by atoms with Crippen molar-refractivity contribution in [3.8, 4) is 11.8 Å². The highest BCUT2D eigenvalue weighted by molar-refractivity contribution is 6.34. The summed E-state index contributed by atoms with van der Waals surface area (Å²) in [5, 5.41) is 25.2. The van der Waals surface area contributed by atoms with E-state index in [1.54, 1.807) is 49.4 Å². The summed E-state index contributed by atoms with van der Waals surface area (Å²) in [5.41, 5.74) is 7.47. The van der Waals surface area contributed by atoms with E-state index >= 15 is 0 Å². The van der Waals surface area contributed by atoms with Gasteiger partial charge < -0.3 is 20.9 Å². The molecular weight excluding hydrogens is 490 g/mol.